The summed E-state index contributed by atoms with van der Waals surface area (Å²) in [5.74, 6) is 0.827. The van der Waals surface area contributed by atoms with Crippen molar-refractivity contribution >= 4 is 0 Å². The van der Waals surface area contributed by atoms with Crippen LogP contribution in [0.2, 0.25) is 0 Å². The SMILES string of the molecule is C=C1C[C@]23C[C@@]1(O)CC[C@H]2c1ccc(O)c(C)c1[C@@H]3Cn1cc(-c2ccccn2)nn1. The zero-order valence-electron chi connectivity index (χ0n) is 17.6. The summed E-state index contributed by atoms with van der Waals surface area (Å²) in [4.78, 5) is 4.38. The maximum absolute atomic E-state index is 11.3. The molecule has 2 N–H and O–H groups in total. The van der Waals surface area contributed by atoms with Crippen molar-refractivity contribution in [2.24, 2.45) is 5.41 Å². The fourth-order valence-electron chi connectivity index (χ4n) is 6.70. The highest BCUT2D eigenvalue weighted by molar-refractivity contribution is 5.55. The lowest BCUT2D eigenvalue weighted by atomic mass is 9.63. The van der Waals surface area contributed by atoms with Gasteiger partial charge in [0.25, 0.3) is 0 Å². The summed E-state index contributed by atoms with van der Waals surface area (Å²) in [5.41, 5.74) is 5.13. The molecule has 6 heteroatoms. The van der Waals surface area contributed by atoms with Crippen molar-refractivity contribution in [3.63, 3.8) is 0 Å². The van der Waals surface area contributed by atoms with Crippen LogP contribution in [0, 0.1) is 12.3 Å². The van der Waals surface area contributed by atoms with E-state index >= 15 is 0 Å². The van der Waals surface area contributed by atoms with Crippen LogP contribution < -0.4 is 0 Å². The number of aromatic hydroxyl groups is 1. The molecule has 6 nitrogen and oxygen atoms in total. The molecule has 3 aromatic rings. The van der Waals surface area contributed by atoms with Gasteiger partial charge in [-0.2, -0.15) is 0 Å². The molecule has 1 aromatic carbocycles. The molecule has 2 saturated carbocycles. The fraction of sp³-hybridized carbons (Fsp3) is 0.400. The van der Waals surface area contributed by atoms with Crippen molar-refractivity contribution in [2.75, 3.05) is 0 Å². The highest BCUT2D eigenvalue weighted by Crippen LogP contribution is 2.71. The van der Waals surface area contributed by atoms with Crippen LogP contribution in [0.1, 0.15) is 54.2 Å². The number of fused-ring (bicyclic) bond motifs is 3. The molecule has 6 rings (SSSR count). The molecule has 0 radical (unpaired) electrons. The van der Waals surface area contributed by atoms with Gasteiger partial charge in [-0.05, 0) is 84.4 Å². The lowest BCUT2D eigenvalue weighted by Gasteiger charge is -2.42. The molecule has 4 atom stereocenters. The fourth-order valence-corrected chi connectivity index (χ4v) is 6.70. The molecular formula is C25H26N4O2. The Hall–Kier alpha value is -2.99. The minimum atomic E-state index is -0.770. The Balaban J connectivity index is 1.45. The molecule has 1 spiro atoms. The Morgan fingerprint density at radius 1 is 1.23 bits per heavy atom. The van der Waals surface area contributed by atoms with Gasteiger partial charge in [-0.15, -0.1) is 5.10 Å². The lowest BCUT2D eigenvalue weighted by molar-refractivity contribution is 0.00370. The van der Waals surface area contributed by atoms with Crippen molar-refractivity contribution in [1.82, 2.24) is 20.0 Å². The van der Waals surface area contributed by atoms with E-state index in [4.69, 9.17) is 0 Å². The number of rotatable bonds is 3. The molecule has 31 heavy (non-hydrogen) atoms. The summed E-state index contributed by atoms with van der Waals surface area (Å²) in [6, 6.07) is 9.67. The summed E-state index contributed by atoms with van der Waals surface area (Å²) >= 11 is 0. The number of phenolic OH excluding ortho intramolecular Hbond substituents is 1. The van der Waals surface area contributed by atoms with E-state index in [9.17, 15) is 10.2 Å². The third kappa shape index (κ3) is 2.51. The van der Waals surface area contributed by atoms with Crippen molar-refractivity contribution < 1.29 is 10.2 Å². The first-order valence-corrected chi connectivity index (χ1v) is 11.0. The first-order chi connectivity index (χ1) is 14.9. The maximum Gasteiger partial charge on any atom is 0.131 e. The topological polar surface area (TPSA) is 84.1 Å². The highest BCUT2D eigenvalue weighted by Gasteiger charge is 2.64. The van der Waals surface area contributed by atoms with Gasteiger partial charge in [-0.3, -0.25) is 9.67 Å². The van der Waals surface area contributed by atoms with Gasteiger partial charge >= 0.3 is 0 Å². The van der Waals surface area contributed by atoms with Crippen LogP contribution in [0.4, 0.5) is 0 Å². The predicted octanol–water partition coefficient (Wildman–Crippen LogP) is 4.10. The standard InChI is InChI=1S/C25H26N4O2/c1-15-11-24-14-25(15,31)9-8-18(24)17-6-7-22(30)16(2)23(17)19(24)12-29-13-21(27-28-29)20-5-3-4-10-26-20/h3-7,10,13,18-19,30-31H,1,8-9,11-12,14H2,2H3/t18-,19-,24-,25-/m0/s1. The second kappa shape index (κ2) is 6.26. The van der Waals surface area contributed by atoms with Gasteiger partial charge in [0.2, 0.25) is 0 Å². The second-order valence-electron chi connectivity index (χ2n) is 9.62. The molecule has 3 aliphatic carbocycles. The first-order valence-electron chi connectivity index (χ1n) is 11.0. The van der Waals surface area contributed by atoms with E-state index in [1.54, 1.807) is 6.20 Å². The Kier molecular flexibility index (Phi) is 3.79. The summed E-state index contributed by atoms with van der Waals surface area (Å²) in [6.07, 6.45) is 6.95. The minimum Gasteiger partial charge on any atom is -0.508 e. The van der Waals surface area contributed by atoms with E-state index in [1.807, 2.05) is 42.1 Å². The largest absolute Gasteiger partial charge is 0.508 e. The molecule has 158 valence electrons. The van der Waals surface area contributed by atoms with Gasteiger partial charge in [0.05, 0.1) is 24.0 Å². The third-order valence-electron chi connectivity index (χ3n) is 8.14. The molecule has 0 unspecified atom stereocenters. The number of pyridine rings is 1. The monoisotopic (exact) mass is 414 g/mol. The number of hydrogen-bond donors (Lipinski definition) is 2. The molecular weight excluding hydrogens is 388 g/mol. The van der Waals surface area contributed by atoms with E-state index in [-0.39, 0.29) is 11.3 Å². The quantitative estimate of drug-likeness (QED) is 0.631. The molecule has 0 amide bonds. The van der Waals surface area contributed by atoms with E-state index < -0.39 is 5.60 Å². The average Bonchev–Trinajstić information content (AvgIpc) is 3.39. The molecule has 2 bridgehead atoms. The van der Waals surface area contributed by atoms with Crippen LogP contribution in [0.5, 0.6) is 5.75 Å². The molecule has 0 aliphatic heterocycles. The van der Waals surface area contributed by atoms with Gasteiger partial charge in [0.1, 0.15) is 11.4 Å². The lowest BCUT2D eigenvalue weighted by Crippen LogP contribution is -2.39. The zero-order chi connectivity index (χ0) is 21.4. The van der Waals surface area contributed by atoms with Crippen LogP contribution >= 0.6 is 0 Å². The van der Waals surface area contributed by atoms with Crippen LogP contribution in [-0.4, -0.2) is 35.8 Å². The number of aliphatic hydroxyl groups is 1. The molecule has 0 saturated heterocycles. The van der Waals surface area contributed by atoms with Crippen LogP contribution in [-0.2, 0) is 6.54 Å². The second-order valence-corrected chi connectivity index (χ2v) is 9.62. The summed E-state index contributed by atoms with van der Waals surface area (Å²) in [6.45, 7) is 6.92. The smallest absolute Gasteiger partial charge is 0.131 e. The maximum atomic E-state index is 11.3. The highest BCUT2D eigenvalue weighted by atomic mass is 16.3. The van der Waals surface area contributed by atoms with E-state index in [1.165, 1.54) is 11.1 Å². The van der Waals surface area contributed by atoms with Crippen molar-refractivity contribution in [1.29, 1.82) is 0 Å². The molecule has 2 fully saturated rings. The Morgan fingerprint density at radius 3 is 2.90 bits per heavy atom. The van der Waals surface area contributed by atoms with E-state index in [2.05, 4.69) is 27.9 Å². The van der Waals surface area contributed by atoms with Crippen LogP contribution in [0.15, 0.2) is 54.9 Å². The molecule has 2 aromatic heterocycles. The zero-order valence-corrected chi connectivity index (χ0v) is 17.6. The number of benzene rings is 1. The average molecular weight is 415 g/mol. The number of nitrogens with zero attached hydrogens (tertiary/aromatic N) is 4. The summed E-state index contributed by atoms with van der Waals surface area (Å²) in [7, 11) is 0. The number of phenols is 1. The predicted molar refractivity (Wildman–Crippen MR) is 117 cm³/mol. The van der Waals surface area contributed by atoms with Crippen molar-refractivity contribution in [2.45, 2.75) is 56.6 Å². The van der Waals surface area contributed by atoms with Crippen LogP contribution in [0.3, 0.4) is 0 Å². The van der Waals surface area contributed by atoms with Gasteiger partial charge in [-0.1, -0.05) is 23.9 Å². The number of hydrogen-bond acceptors (Lipinski definition) is 5. The Bertz CT molecular complexity index is 1200. The summed E-state index contributed by atoms with van der Waals surface area (Å²) in [5, 5.41) is 30.6. The van der Waals surface area contributed by atoms with E-state index in [0.717, 1.165) is 48.2 Å². The van der Waals surface area contributed by atoms with E-state index in [0.29, 0.717) is 18.2 Å². The Labute approximate surface area is 181 Å². The number of aromatic nitrogens is 4. The van der Waals surface area contributed by atoms with Crippen molar-refractivity contribution in [3.8, 4) is 17.1 Å². The Morgan fingerprint density at radius 2 is 2.10 bits per heavy atom. The minimum absolute atomic E-state index is 0.0952. The molecule has 2 heterocycles. The van der Waals surface area contributed by atoms with Crippen LogP contribution in [0.25, 0.3) is 11.4 Å². The first kappa shape index (κ1) is 18.8. The van der Waals surface area contributed by atoms with Gasteiger partial charge in [0, 0.05) is 12.1 Å². The third-order valence-corrected chi connectivity index (χ3v) is 8.14. The molecule has 3 aliphatic rings. The van der Waals surface area contributed by atoms with Crippen molar-refractivity contribution in [3.05, 3.63) is 71.6 Å². The van der Waals surface area contributed by atoms with Gasteiger partial charge in [-0.25, -0.2) is 0 Å². The summed E-state index contributed by atoms with van der Waals surface area (Å²) < 4.78 is 1.90. The normalized spacial score (nSPS) is 31.0. The van der Waals surface area contributed by atoms with Gasteiger partial charge < -0.3 is 10.2 Å². The van der Waals surface area contributed by atoms with Gasteiger partial charge in [0.15, 0.2) is 0 Å².